The van der Waals surface area contributed by atoms with E-state index in [4.69, 9.17) is 4.74 Å². The minimum absolute atomic E-state index is 0.102. The van der Waals surface area contributed by atoms with Crippen LogP contribution in [0.3, 0.4) is 0 Å². The second-order valence-electron chi connectivity index (χ2n) is 5.20. The topological polar surface area (TPSA) is 39.1 Å². The van der Waals surface area contributed by atoms with Gasteiger partial charge in [-0.05, 0) is 25.5 Å². The SMILES string of the molecule is CCCNC(c1ccccc1OCCC)c1cncn1C. The molecule has 21 heavy (non-hydrogen) atoms. The molecule has 1 aromatic heterocycles. The lowest BCUT2D eigenvalue weighted by Crippen LogP contribution is -2.25. The lowest BCUT2D eigenvalue weighted by atomic mass is 10.0. The third-order valence-electron chi connectivity index (χ3n) is 3.44. The van der Waals surface area contributed by atoms with Gasteiger partial charge >= 0.3 is 0 Å². The average Bonchev–Trinajstić information content (AvgIpc) is 2.93. The number of aromatic nitrogens is 2. The summed E-state index contributed by atoms with van der Waals surface area (Å²) in [7, 11) is 2.03. The fraction of sp³-hybridized carbons (Fsp3) is 0.471. The summed E-state index contributed by atoms with van der Waals surface area (Å²) in [5.74, 6) is 0.953. The summed E-state index contributed by atoms with van der Waals surface area (Å²) in [6, 6.07) is 8.36. The lowest BCUT2D eigenvalue weighted by Gasteiger charge is -2.22. The summed E-state index contributed by atoms with van der Waals surface area (Å²) < 4.78 is 7.97. The first kappa shape index (κ1) is 15.6. The van der Waals surface area contributed by atoms with Crippen molar-refractivity contribution in [3.63, 3.8) is 0 Å². The molecule has 0 radical (unpaired) electrons. The van der Waals surface area contributed by atoms with Gasteiger partial charge in [-0.3, -0.25) is 0 Å². The summed E-state index contributed by atoms with van der Waals surface area (Å²) in [6.07, 6.45) is 5.86. The lowest BCUT2D eigenvalue weighted by molar-refractivity contribution is 0.311. The molecule has 114 valence electrons. The summed E-state index contributed by atoms with van der Waals surface area (Å²) in [4.78, 5) is 4.25. The third kappa shape index (κ3) is 3.85. The molecular formula is C17H25N3O. The Kier molecular flexibility index (Phi) is 5.81. The summed E-state index contributed by atoms with van der Waals surface area (Å²) >= 11 is 0. The van der Waals surface area contributed by atoms with Crippen LogP contribution in [-0.4, -0.2) is 22.7 Å². The molecule has 0 saturated heterocycles. The normalized spacial score (nSPS) is 12.3. The van der Waals surface area contributed by atoms with E-state index in [1.165, 1.54) is 5.56 Å². The number of benzene rings is 1. The van der Waals surface area contributed by atoms with Gasteiger partial charge in [0.2, 0.25) is 0 Å². The first-order valence-corrected chi connectivity index (χ1v) is 7.69. The fourth-order valence-electron chi connectivity index (χ4n) is 2.37. The highest BCUT2D eigenvalue weighted by atomic mass is 16.5. The molecule has 4 heteroatoms. The second-order valence-corrected chi connectivity index (χ2v) is 5.20. The van der Waals surface area contributed by atoms with Gasteiger partial charge in [0.25, 0.3) is 0 Å². The number of para-hydroxylation sites is 1. The highest BCUT2D eigenvalue weighted by Crippen LogP contribution is 2.29. The Bertz CT molecular complexity index is 550. The van der Waals surface area contributed by atoms with Gasteiger partial charge in [-0.2, -0.15) is 0 Å². The van der Waals surface area contributed by atoms with Crippen molar-refractivity contribution in [1.82, 2.24) is 14.9 Å². The maximum absolute atomic E-state index is 5.92. The molecular weight excluding hydrogens is 262 g/mol. The molecule has 1 atom stereocenters. The van der Waals surface area contributed by atoms with Gasteiger partial charge in [0.15, 0.2) is 0 Å². The van der Waals surface area contributed by atoms with E-state index in [2.05, 4.69) is 40.8 Å². The summed E-state index contributed by atoms with van der Waals surface area (Å²) in [5, 5.41) is 3.60. The van der Waals surface area contributed by atoms with E-state index in [9.17, 15) is 0 Å². The van der Waals surface area contributed by atoms with E-state index >= 15 is 0 Å². The molecule has 0 aliphatic heterocycles. The van der Waals surface area contributed by atoms with Crippen molar-refractivity contribution >= 4 is 0 Å². The van der Waals surface area contributed by atoms with Crippen LogP contribution in [0.5, 0.6) is 5.75 Å². The Labute approximate surface area is 127 Å². The molecule has 1 N–H and O–H groups in total. The molecule has 2 aromatic rings. The zero-order valence-electron chi connectivity index (χ0n) is 13.2. The summed E-state index contributed by atoms with van der Waals surface area (Å²) in [6.45, 7) is 5.99. The highest BCUT2D eigenvalue weighted by Gasteiger charge is 2.20. The minimum Gasteiger partial charge on any atom is -0.493 e. The van der Waals surface area contributed by atoms with E-state index in [0.717, 1.165) is 37.4 Å². The molecule has 0 spiro atoms. The predicted molar refractivity (Wildman–Crippen MR) is 85.6 cm³/mol. The monoisotopic (exact) mass is 287 g/mol. The molecule has 0 aliphatic carbocycles. The molecule has 0 aliphatic rings. The van der Waals surface area contributed by atoms with Crippen molar-refractivity contribution in [2.24, 2.45) is 7.05 Å². The molecule has 4 nitrogen and oxygen atoms in total. The Morgan fingerprint density at radius 1 is 1.24 bits per heavy atom. The van der Waals surface area contributed by atoms with Gasteiger partial charge in [0, 0.05) is 12.6 Å². The molecule has 2 rings (SSSR count). The van der Waals surface area contributed by atoms with Gasteiger partial charge in [-0.25, -0.2) is 4.98 Å². The number of hydrogen-bond acceptors (Lipinski definition) is 3. The van der Waals surface area contributed by atoms with Crippen LogP contribution in [0.25, 0.3) is 0 Å². The van der Waals surface area contributed by atoms with Crippen molar-refractivity contribution in [2.75, 3.05) is 13.2 Å². The maximum atomic E-state index is 5.92. The Hall–Kier alpha value is -1.81. The van der Waals surface area contributed by atoms with Gasteiger partial charge in [0.05, 0.1) is 30.9 Å². The number of rotatable bonds is 8. The van der Waals surface area contributed by atoms with Crippen molar-refractivity contribution in [3.05, 3.63) is 48.0 Å². The van der Waals surface area contributed by atoms with Crippen LogP contribution in [0.2, 0.25) is 0 Å². The van der Waals surface area contributed by atoms with Crippen LogP contribution < -0.4 is 10.1 Å². The van der Waals surface area contributed by atoms with Crippen LogP contribution in [0, 0.1) is 0 Å². The fourth-order valence-corrected chi connectivity index (χ4v) is 2.37. The molecule has 0 amide bonds. The first-order valence-electron chi connectivity index (χ1n) is 7.69. The molecule has 0 fully saturated rings. The predicted octanol–water partition coefficient (Wildman–Crippen LogP) is 3.30. The van der Waals surface area contributed by atoms with Crippen LogP contribution in [0.1, 0.15) is 44.0 Å². The van der Waals surface area contributed by atoms with Crippen molar-refractivity contribution in [1.29, 1.82) is 0 Å². The van der Waals surface area contributed by atoms with Gasteiger partial charge in [-0.1, -0.05) is 32.0 Å². The van der Waals surface area contributed by atoms with E-state index in [1.54, 1.807) is 0 Å². The van der Waals surface area contributed by atoms with Gasteiger partial charge in [-0.15, -0.1) is 0 Å². The molecule has 1 heterocycles. The van der Waals surface area contributed by atoms with E-state index < -0.39 is 0 Å². The number of aryl methyl sites for hydroxylation is 1. The number of nitrogens with one attached hydrogen (secondary N) is 1. The van der Waals surface area contributed by atoms with Crippen LogP contribution >= 0.6 is 0 Å². The van der Waals surface area contributed by atoms with Crippen molar-refractivity contribution < 1.29 is 4.74 Å². The second kappa shape index (κ2) is 7.84. The largest absolute Gasteiger partial charge is 0.493 e. The van der Waals surface area contributed by atoms with E-state index in [-0.39, 0.29) is 6.04 Å². The van der Waals surface area contributed by atoms with Crippen molar-refractivity contribution in [3.8, 4) is 5.75 Å². The van der Waals surface area contributed by atoms with Gasteiger partial charge in [0.1, 0.15) is 5.75 Å². The minimum atomic E-state index is 0.102. The van der Waals surface area contributed by atoms with Crippen LogP contribution in [0.15, 0.2) is 36.8 Å². The molecule has 0 saturated carbocycles. The molecule has 0 bridgehead atoms. The highest BCUT2D eigenvalue weighted by molar-refractivity contribution is 5.39. The van der Waals surface area contributed by atoms with Crippen LogP contribution in [-0.2, 0) is 7.05 Å². The van der Waals surface area contributed by atoms with Crippen LogP contribution in [0.4, 0.5) is 0 Å². The molecule has 1 aromatic carbocycles. The van der Waals surface area contributed by atoms with Gasteiger partial charge < -0.3 is 14.6 Å². The Morgan fingerprint density at radius 2 is 2.05 bits per heavy atom. The number of hydrogen-bond donors (Lipinski definition) is 1. The summed E-state index contributed by atoms with van der Waals surface area (Å²) in [5.41, 5.74) is 2.32. The zero-order valence-corrected chi connectivity index (χ0v) is 13.2. The molecule has 1 unspecified atom stereocenters. The number of imidazole rings is 1. The standard InChI is InChI=1S/C17H25N3O/c1-4-10-19-17(15-12-18-13-20(15)3)14-8-6-7-9-16(14)21-11-5-2/h6-9,12-13,17,19H,4-5,10-11H2,1-3H3. The Balaban J connectivity index is 2.34. The zero-order chi connectivity index (χ0) is 15.1. The quantitative estimate of drug-likeness (QED) is 0.809. The smallest absolute Gasteiger partial charge is 0.124 e. The Morgan fingerprint density at radius 3 is 2.71 bits per heavy atom. The maximum Gasteiger partial charge on any atom is 0.124 e. The first-order chi connectivity index (χ1) is 10.3. The number of nitrogens with zero attached hydrogens (tertiary/aromatic N) is 2. The van der Waals surface area contributed by atoms with E-state index in [1.807, 2.05) is 31.7 Å². The average molecular weight is 287 g/mol. The third-order valence-corrected chi connectivity index (χ3v) is 3.44. The number of ether oxygens (including phenoxy) is 1. The van der Waals surface area contributed by atoms with E-state index in [0.29, 0.717) is 0 Å². The van der Waals surface area contributed by atoms with Crippen molar-refractivity contribution in [2.45, 2.75) is 32.7 Å².